The zero-order valence-electron chi connectivity index (χ0n) is 14.6. The molecule has 2 fully saturated rings. The molecule has 138 valence electrons. The van der Waals surface area contributed by atoms with Crippen molar-refractivity contribution >= 4 is 23.2 Å². The van der Waals surface area contributed by atoms with E-state index in [-0.39, 0.29) is 6.10 Å². The summed E-state index contributed by atoms with van der Waals surface area (Å²) in [5, 5.41) is 0.764. The van der Waals surface area contributed by atoms with Crippen molar-refractivity contribution in [2.75, 3.05) is 57.4 Å². The first kappa shape index (κ1) is 18.3. The van der Waals surface area contributed by atoms with Crippen molar-refractivity contribution in [3.05, 3.63) is 29.3 Å². The number of aliphatic imine (C=N–C) groups is 1. The summed E-state index contributed by atoms with van der Waals surface area (Å²) < 4.78 is 11.1. The number of guanidine groups is 1. The number of piperazine rings is 1. The lowest BCUT2D eigenvalue weighted by atomic mass is 10.2. The Morgan fingerprint density at radius 1 is 1.24 bits per heavy atom. The average molecular weight is 367 g/mol. The van der Waals surface area contributed by atoms with Crippen LogP contribution in [0.25, 0.3) is 0 Å². The fourth-order valence-corrected chi connectivity index (χ4v) is 3.29. The molecule has 1 atom stereocenters. The van der Waals surface area contributed by atoms with Crippen LogP contribution in [0.15, 0.2) is 29.3 Å². The van der Waals surface area contributed by atoms with Crippen LogP contribution in [0, 0.1) is 0 Å². The molecule has 0 radical (unpaired) electrons. The third-order valence-electron chi connectivity index (χ3n) is 4.63. The van der Waals surface area contributed by atoms with Gasteiger partial charge in [0.15, 0.2) is 5.96 Å². The van der Waals surface area contributed by atoms with E-state index in [1.807, 2.05) is 12.1 Å². The third kappa shape index (κ3) is 5.49. The number of ether oxygens (including phenoxy) is 2. The van der Waals surface area contributed by atoms with Gasteiger partial charge in [-0.2, -0.15) is 0 Å². The van der Waals surface area contributed by atoms with Crippen molar-refractivity contribution in [1.82, 2.24) is 4.90 Å². The summed E-state index contributed by atoms with van der Waals surface area (Å²) in [6.07, 6.45) is 2.51. The molecule has 1 unspecified atom stereocenters. The van der Waals surface area contributed by atoms with Crippen LogP contribution in [0.1, 0.15) is 12.8 Å². The van der Waals surface area contributed by atoms with Crippen LogP contribution in [0.5, 0.6) is 0 Å². The van der Waals surface area contributed by atoms with Crippen LogP contribution in [-0.2, 0) is 9.47 Å². The van der Waals surface area contributed by atoms with Crippen molar-refractivity contribution in [2.45, 2.75) is 18.9 Å². The molecule has 1 aromatic rings. The molecule has 6 nitrogen and oxygen atoms in total. The van der Waals surface area contributed by atoms with Gasteiger partial charge in [0.2, 0.25) is 0 Å². The third-order valence-corrected chi connectivity index (χ3v) is 4.88. The standard InChI is InChI=1S/C18H27ClN4O2/c19-15-3-5-16(6-4-15)22-8-10-23(11-9-22)18(20)21-7-13-24-14-17-2-1-12-25-17/h3-6,17H,1-2,7-14H2,(H2,20,21). The van der Waals surface area contributed by atoms with Crippen molar-refractivity contribution in [2.24, 2.45) is 10.7 Å². The molecule has 25 heavy (non-hydrogen) atoms. The van der Waals surface area contributed by atoms with Crippen molar-refractivity contribution < 1.29 is 9.47 Å². The van der Waals surface area contributed by atoms with Gasteiger partial charge in [-0.05, 0) is 37.1 Å². The normalized spacial score (nSPS) is 21.8. The molecule has 2 heterocycles. The van der Waals surface area contributed by atoms with Gasteiger partial charge in [-0.15, -0.1) is 0 Å². The lowest BCUT2D eigenvalue weighted by Crippen LogP contribution is -2.51. The first-order valence-corrected chi connectivity index (χ1v) is 9.35. The molecule has 2 aliphatic rings. The topological polar surface area (TPSA) is 63.3 Å². The second kappa shape index (κ2) is 9.27. The molecule has 0 spiro atoms. The zero-order chi connectivity index (χ0) is 17.5. The number of halogens is 1. The lowest BCUT2D eigenvalue weighted by molar-refractivity contribution is 0.0199. The number of rotatable bonds is 6. The van der Waals surface area contributed by atoms with Gasteiger partial charge in [0.05, 0.1) is 25.9 Å². The number of hydrogen-bond donors (Lipinski definition) is 1. The minimum Gasteiger partial charge on any atom is -0.377 e. The summed E-state index contributed by atoms with van der Waals surface area (Å²) in [4.78, 5) is 8.91. The Kier molecular flexibility index (Phi) is 6.78. The Hall–Kier alpha value is -1.50. The monoisotopic (exact) mass is 366 g/mol. The predicted octanol–water partition coefficient (Wildman–Crippen LogP) is 1.97. The van der Waals surface area contributed by atoms with Gasteiger partial charge < -0.3 is 25.0 Å². The molecule has 0 saturated carbocycles. The van der Waals surface area contributed by atoms with E-state index in [0.717, 1.165) is 50.7 Å². The lowest BCUT2D eigenvalue weighted by Gasteiger charge is -2.36. The van der Waals surface area contributed by atoms with Gasteiger partial charge >= 0.3 is 0 Å². The zero-order valence-corrected chi connectivity index (χ0v) is 15.3. The Balaban J connectivity index is 1.35. The summed E-state index contributed by atoms with van der Waals surface area (Å²) in [7, 11) is 0. The highest BCUT2D eigenvalue weighted by atomic mass is 35.5. The highest BCUT2D eigenvalue weighted by Crippen LogP contribution is 2.19. The van der Waals surface area contributed by atoms with Gasteiger partial charge in [-0.25, -0.2) is 0 Å². The molecule has 2 saturated heterocycles. The Morgan fingerprint density at radius 2 is 2.00 bits per heavy atom. The van der Waals surface area contributed by atoms with E-state index in [9.17, 15) is 0 Å². The van der Waals surface area contributed by atoms with Crippen LogP contribution in [0.3, 0.4) is 0 Å². The minimum absolute atomic E-state index is 0.266. The van der Waals surface area contributed by atoms with E-state index < -0.39 is 0 Å². The fraction of sp³-hybridized carbons (Fsp3) is 0.611. The van der Waals surface area contributed by atoms with Gasteiger partial charge in [-0.1, -0.05) is 11.6 Å². The predicted molar refractivity (Wildman–Crippen MR) is 102 cm³/mol. The van der Waals surface area contributed by atoms with Crippen LogP contribution >= 0.6 is 11.6 Å². The molecule has 7 heteroatoms. The summed E-state index contributed by atoms with van der Waals surface area (Å²) >= 11 is 5.95. The van der Waals surface area contributed by atoms with Crippen LogP contribution in [-0.4, -0.2) is 69.5 Å². The summed E-state index contributed by atoms with van der Waals surface area (Å²) in [5.41, 5.74) is 7.31. The van der Waals surface area contributed by atoms with E-state index in [0.29, 0.717) is 25.7 Å². The Morgan fingerprint density at radius 3 is 2.68 bits per heavy atom. The van der Waals surface area contributed by atoms with Crippen molar-refractivity contribution in [3.63, 3.8) is 0 Å². The maximum absolute atomic E-state index is 6.12. The molecule has 1 aromatic carbocycles. The minimum atomic E-state index is 0.266. The molecule has 0 aromatic heterocycles. The van der Waals surface area contributed by atoms with E-state index in [4.69, 9.17) is 26.8 Å². The molecule has 0 amide bonds. The first-order chi connectivity index (χ1) is 12.2. The second-order valence-electron chi connectivity index (χ2n) is 6.40. The average Bonchev–Trinajstić information content (AvgIpc) is 3.15. The molecule has 3 rings (SSSR count). The van der Waals surface area contributed by atoms with Crippen LogP contribution in [0.4, 0.5) is 5.69 Å². The number of nitrogens with zero attached hydrogens (tertiary/aromatic N) is 3. The molecular formula is C18H27ClN4O2. The van der Waals surface area contributed by atoms with E-state index in [1.54, 1.807) is 0 Å². The van der Waals surface area contributed by atoms with Crippen LogP contribution < -0.4 is 10.6 Å². The fourth-order valence-electron chi connectivity index (χ4n) is 3.16. The molecule has 2 N–H and O–H groups in total. The maximum atomic E-state index is 6.12. The van der Waals surface area contributed by atoms with E-state index >= 15 is 0 Å². The number of nitrogens with two attached hydrogens (primary N) is 1. The van der Waals surface area contributed by atoms with E-state index in [1.165, 1.54) is 5.69 Å². The SMILES string of the molecule is NC(=NCCOCC1CCCO1)N1CCN(c2ccc(Cl)cc2)CC1. The maximum Gasteiger partial charge on any atom is 0.191 e. The highest BCUT2D eigenvalue weighted by Gasteiger charge is 2.18. The summed E-state index contributed by atoms with van der Waals surface area (Å²) in [6, 6.07) is 7.97. The number of hydrogen-bond acceptors (Lipinski definition) is 4. The first-order valence-electron chi connectivity index (χ1n) is 8.97. The van der Waals surface area contributed by atoms with Gasteiger partial charge in [-0.3, -0.25) is 4.99 Å². The molecule has 2 aliphatic heterocycles. The largest absolute Gasteiger partial charge is 0.377 e. The smallest absolute Gasteiger partial charge is 0.191 e. The highest BCUT2D eigenvalue weighted by molar-refractivity contribution is 6.30. The molecule has 0 bridgehead atoms. The quantitative estimate of drug-likeness (QED) is 0.474. The molecule has 0 aliphatic carbocycles. The summed E-state index contributed by atoms with van der Waals surface area (Å²) in [6.45, 7) is 6.29. The number of anilines is 1. The van der Waals surface area contributed by atoms with Gasteiger partial charge in [0, 0.05) is 43.5 Å². The molecular weight excluding hydrogens is 340 g/mol. The summed E-state index contributed by atoms with van der Waals surface area (Å²) in [5.74, 6) is 0.608. The van der Waals surface area contributed by atoms with E-state index in [2.05, 4.69) is 26.9 Å². The van der Waals surface area contributed by atoms with Crippen molar-refractivity contribution in [1.29, 1.82) is 0 Å². The van der Waals surface area contributed by atoms with Crippen molar-refractivity contribution in [3.8, 4) is 0 Å². The van der Waals surface area contributed by atoms with Gasteiger partial charge in [0.25, 0.3) is 0 Å². The van der Waals surface area contributed by atoms with Crippen LogP contribution in [0.2, 0.25) is 5.02 Å². The number of benzene rings is 1. The Labute approximate surface area is 154 Å². The Bertz CT molecular complexity index is 553. The second-order valence-corrected chi connectivity index (χ2v) is 6.84. The van der Waals surface area contributed by atoms with Gasteiger partial charge in [0.1, 0.15) is 0 Å².